The Bertz CT molecular complexity index is 503. The summed E-state index contributed by atoms with van der Waals surface area (Å²) in [4.78, 5) is 30.3. The summed E-state index contributed by atoms with van der Waals surface area (Å²) < 4.78 is 5.14. The lowest BCUT2D eigenvalue weighted by Crippen LogP contribution is -2.54. The topological polar surface area (TPSA) is 69.0 Å². The largest absolute Gasteiger partial charge is 0.459 e. The molecular weight excluding hydrogens is 284 g/mol. The summed E-state index contributed by atoms with van der Waals surface area (Å²) >= 11 is 0. The van der Waals surface area contributed by atoms with E-state index in [9.17, 15) is 9.59 Å². The van der Waals surface area contributed by atoms with Gasteiger partial charge in [0.05, 0.1) is 12.8 Å². The minimum Gasteiger partial charge on any atom is -0.459 e. The summed E-state index contributed by atoms with van der Waals surface area (Å²) in [5.41, 5.74) is 0. The third kappa shape index (κ3) is 3.48. The van der Waals surface area contributed by atoms with Gasteiger partial charge in [-0.3, -0.25) is 14.5 Å². The first-order valence-corrected chi connectivity index (χ1v) is 7.77. The van der Waals surface area contributed by atoms with E-state index in [0.717, 1.165) is 26.2 Å². The van der Waals surface area contributed by atoms with Crippen molar-refractivity contribution in [3.63, 3.8) is 0 Å². The number of amides is 2. The van der Waals surface area contributed by atoms with E-state index in [1.807, 2.05) is 4.90 Å². The van der Waals surface area contributed by atoms with Gasteiger partial charge in [-0.2, -0.15) is 0 Å². The minimum absolute atomic E-state index is 0.0980. The highest BCUT2D eigenvalue weighted by Crippen LogP contribution is 2.10. The normalized spacial score (nSPS) is 20.2. The summed E-state index contributed by atoms with van der Waals surface area (Å²) in [7, 11) is 0. The van der Waals surface area contributed by atoms with Crippen LogP contribution in [0.25, 0.3) is 0 Å². The van der Waals surface area contributed by atoms with Crippen molar-refractivity contribution in [1.82, 2.24) is 20.0 Å². The van der Waals surface area contributed by atoms with E-state index in [1.165, 1.54) is 6.26 Å². The fourth-order valence-corrected chi connectivity index (χ4v) is 2.88. The van der Waals surface area contributed by atoms with Gasteiger partial charge >= 0.3 is 0 Å². The van der Waals surface area contributed by atoms with Crippen molar-refractivity contribution in [3.8, 4) is 0 Å². The van der Waals surface area contributed by atoms with Gasteiger partial charge in [-0.05, 0) is 12.1 Å². The summed E-state index contributed by atoms with van der Waals surface area (Å²) in [6, 6.07) is 3.38. The molecule has 120 valence electrons. The molecule has 1 N–H and O–H groups in total. The van der Waals surface area contributed by atoms with E-state index < -0.39 is 0 Å². The van der Waals surface area contributed by atoms with E-state index in [1.54, 1.807) is 17.0 Å². The van der Waals surface area contributed by atoms with Crippen LogP contribution in [0, 0.1) is 0 Å². The van der Waals surface area contributed by atoms with Crippen LogP contribution in [-0.4, -0.2) is 85.4 Å². The standard InChI is InChI=1S/C15H22N4O3/c20-14(12-17-5-3-16-4-6-17)18-7-9-19(10-8-18)15(21)13-2-1-11-22-13/h1-2,11,16H,3-10,12H2. The first kappa shape index (κ1) is 15.1. The van der Waals surface area contributed by atoms with Crippen molar-refractivity contribution in [2.75, 3.05) is 58.9 Å². The number of nitrogens with zero attached hydrogens (tertiary/aromatic N) is 3. The highest BCUT2D eigenvalue weighted by molar-refractivity contribution is 5.91. The van der Waals surface area contributed by atoms with E-state index >= 15 is 0 Å². The SMILES string of the molecule is O=C(CN1CCNCC1)N1CCN(C(=O)c2ccco2)CC1. The number of furan rings is 1. The number of hydrogen-bond acceptors (Lipinski definition) is 5. The second kappa shape index (κ2) is 6.93. The van der Waals surface area contributed by atoms with Crippen LogP contribution in [0.1, 0.15) is 10.6 Å². The first-order valence-electron chi connectivity index (χ1n) is 7.77. The molecule has 0 unspecified atom stereocenters. The third-order valence-electron chi connectivity index (χ3n) is 4.22. The Morgan fingerprint density at radius 1 is 1.05 bits per heavy atom. The molecule has 3 rings (SSSR count). The van der Waals surface area contributed by atoms with Crippen LogP contribution in [0.2, 0.25) is 0 Å². The molecule has 3 heterocycles. The van der Waals surface area contributed by atoms with Crippen molar-refractivity contribution in [2.24, 2.45) is 0 Å². The molecule has 22 heavy (non-hydrogen) atoms. The van der Waals surface area contributed by atoms with Crippen LogP contribution < -0.4 is 5.32 Å². The molecule has 7 heteroatoms. The Hall–Kier alpha value is -1.86. The molecule has 2 aliphatic rings. The Morgan fingerprint density at radius 3 is 2.36 bits per heavy atom. The number of nitrogens with one attached hydrogen (secondary N) is 1. The molecule has 2 aliphatic heterocycles. The summed E-state index contributed by atoms with van der Waals surface area (Å²) in [5.74, 6) is 0.423. The van der Waals surface area contributed by atoms with Crippen LogP contribution >= 0.6 is 0 Å². The van der Waals surface area contributed by atoms with Gasteiger partial charge < -0.3 is 19.5 Å². The number of piperazine rings is 2. The minimum atomic E-state index is -0.0980. The lowest BCUT2D eigenvalue weighted by molar-refractivity contribution is -0.134. The second-order valence-corrected chi connectivity index (χ2v) is 5.68. The van der Waals surface area contributed by atoms with Gasteiger partial charge in [0.25, 0.3) is 5.91 Å². The van der Waals surface area contributed by atoms with Crippen molar-refractivity contribution < 1.29 is 14.0 Å². The van der Waals surface area contributed by atoms with E-state index in [4.69, 9.17) is 4.42 Å². The van der Waals surface area contributed by atoms with Gasteiger partial charge in [-0.25, -0.2) is 0 Å². The number of rotatable bonds is 3. The summed E-state index contributed by atoms with van der Waals surface area (Å²) in [6.07, 6.45) is 1.50. The Labute approximate surface area is 129 Å². The first-order chi connectivity index (χ1) is 10.7. The molecule has 0 spiro atoms. The average molecular weight is 306 g/mol. The Kier molecular flexibility index (Phi) is 4.74. The highest BCUT2D eigenvalue weighted by Gasteiger charge is 2.26. The van der Waals surface area contributed by atoms with Crippen molar-refractivity contribution in [1.29, 1.82) is 0 Å². The highest BCUT2D eigenvalue weighted by atomic mass is 16.3. The monoisotopic (exact) mass is 306 g/mol. The Balaban J connectivity index is 1.46. The predicted molar refractivity (Wildman–Crippen MR) is 80.5 cm³/mol. The smallest absolute Gasteiger partial charge is 0.289 e. The molecular formula is C15H22N4O3. The zero-order chi connectivity index (χ0) is 15.4. The predicted octanol–water partition coefficient (Wildman–Crippen LogP) is -0.531. The maximum Gasteiger partial charge on any atom is 0.289 e. The van der Waals surface area contributed by atoms with E-state index in [-0.39, 0.29) is 11.8 Å². The van der Waals surface area contributed by atoms with Crippen LogP contribution in [0.15, 0.2) is 22.8 Å². The van der Waals surface area contributed by atoms with Crippen LogP contribution in [-0.2, 0) is 4.79 Å². The van der Waals surface area contributed by atoms with Crippen LogP contribution in [0.4, 0.5) is 0 Å². The fraction of sp³-hybridized carbons (Fsp3) is 0.600. The number of hydrogen-bond donors (Lipinski definition) is 1. The molecule has 0 bridgehead atoms. The molecule has 0 atom stereocenters. The molecule has 7 nitrogen and oxygen atoms in total. The van der Waals surface area contributed by atoms with Gasteiger partial charge in [-0.1, -0.05) is 0 Å². The van der Waals surface area contributed by atoms with Crippen molar-refractivity contribution in [3.05, 3.63) is 24.2 Å². The van der Waals surface area contributed by atoms with Crippen LogP contribution in [0.5, 0.6) is 0 Å². The molecule has 1 aromatic heterocycles. The van der Waals surface area contributed by atoms with Crippen molar-refractivity contribution in [2.45, 2.75) is 0 Å². The van der Waals surface area contributed by atoms with Crippen LogP contribution in [0.3, 0.4) is 0 Å². The quantitative estimate of drug-likeness (QED) is 0.813. The average Bonchev–Trinajstić information content (AvgIpc) is 3.10. The van der Waals surface area contributed by atoms with Gasteiger partial charge in [0, 0.05) is 52.4 Å². The molecule has 0 radical (unpaired) electrons. The van der Waals surface area contributed by atoms with Gasteiger partial charge in [0.1, 0.15) is 0 Å². The molecule has 2 fully saturated rings. The molecule has 0 aliphatic carbocycles. The molecule has 2 saturated heterocycles. The summed E-state index contributed by atoms with van der Waals surface area (Å²) in [6.45, 7) is 6.52. The molecule has 2 amide bonds. The maximum atomic E-state index is 12.3. The lowest BCUT2D eigenvalue weighted by Gasteiger charge is -2.36. The zero-order valence-electron chi connectivity index (χ0n) is 12.7. The van der Waals surface area contributed by atoms with E-state index in [0.29, 0.717) is 38.5 Å². The lowest BCUT2D eigenvalue weighted by atomic mass is 10.2. The number of carbonyl (C=O) groups is 2. The van der Waals surface area contributed by atoms with Gasteiger partial charge in [0.2, 0.25) is 5.91 Å². The molecule has 1 aromatic rings. The maximum absolute atomic E-state index is 12.3. The van der Waals surface area contributed by atoms with Crippen molar-refractivity contribution >= 4 is 11.8 Å². The zero-order valence-corrected chi connectivity index (χ0v) is 12.7. The van der Waals surface area contributed by atoms with Gasteiger partial charge in [0.15, 0.2) is 5.76 Å². The van der Waals surface area contributed by atoms with Gasteiger partial charge in [-0.15, -0.1) is 0 Å². The molecule has 0 aromatic carbocycles. The summed E-state index contributed by atoms with van der Waals surface area (Å²) in [5, 5.41) is 3.28. The second-order valence-electron chi connectivity index (χ2n) is 5.68. The fourth-order valence-electron chi connectivity index (χ4n) is 2.88. The van der Waals surface area contributed by atoms with E-state index in [2.05, 4.69) is 10.2 Å². The number of carbonyl (C=O) groups excluding carboxylic acids is 2. The molecule has 0 saturated carbocycles. The Morgan fingerprint density at radius 2 is 1.73 bits per heavy atom. The third-order valence-corrected chi connectivity index (χ3v) is 4.22.